The van der Waals surface area contributed by atoms with E-state index in [9.17, 15) is 0 Å². The molecule has 1 heterocycles. The van der Waals surface area contributed by atoms with Crippen molar-refractivity contribution in [2.45, 2.75) is 32.9 Å². The van der Waals surface area contributed by atoms with Gasteiger partial charge in [-0.1, -0.05) is 0 Å². The highest BCUT2D eigenvalue weighted by Gasteiger charge is 2.04. The molecule has 0 aromatic carbocycles. The first-order valence-corrected chi connectivity index (χ1v) is 4.41. The van der Waals surface area contributed by atoms with Crippen LogP contribution in [0, 0.1) is 11.8 Å². The molecule has 0 saturated heterocycles. The molecule has 0 radical (unpaired) electrons. The molecule has 1 aromatic rings. The SMILES string of the molecule is CC#CCCn1cncc1C(C)N. The Hall–Kier alpha value is -1.27. The molecule has 1 atom stereocenters. The van der Waals surface area contributed by atoms with Gasteiger partial charge in [-0.3, -0.25) is 0 Å². The molecule has 13 heavy (non-hydrogen) atoms. The van der Waals surface area contributed by atoms with Crippen molar-refractivity contribution in [3.63, 3.8) is 0 Å². The maximum absolute atomic E-state index is 5.77. The van der Waals surface area contributed by atoms with E-state index in [1.807, 2.05) is 20.0 Å². The third-order valence-corrected chi connectivity index (χ3v) is 1.87. The number of nitrogens with two attached hydrogens (primary N) is 1. The Kier molecular flexibility index (Phi) is 3.53. The summed E-state index contributed by atoms with van der Waals surface area (Å²) < 4.78 is 2.05. The average molecular weight is 177 g/mol. The number of hydrogen-bond donors (Lipinski definition) is 1. The standard InChI is InChI=1S/C10H15N3/c1-3-4-5-6-13-8-12-7-10(13)9(2)11/h7-9H,5-6,11H2,1-2H3. The smallest absolute Gasteiger partial charge is 0.0948 e. The van der Waals surface area contributed by atoms with Crippen molar-refractivity contribution in [1.82, 2.24) is 9.55 Å². The Balaban J connectivity index is 2.63. The highest BCUT2D eigenvalue weighted by molar-refractivity contribution is 5.04. The number of hydrogen-bond acceptors (Lipinski definition) is 2. The quantitative estimate of drug-likeness (QED) is 0.707. The molecule has 0 fully saturated rings. The van der Waals surface area contributed by atoms with Crippen molar-refractivity contribution in [2.75, 3.05) is 0 Å². The first-order chi connectivity index (χ1) is 6.25. The van der Waals surface area contributed by atoms with Crippen LogP contribution in [0.25, 0.3) is 0 Å². The molecule has 0 aliphatic heterocycles. The molecule has 3 heteroatoms. The van der Waals surface area contributed by atoms with Gasteiger partial charge in [0.05, 0.1) is 12.0 Å². The summed E-state index contributed by atoms with van der Waals surface area (Å²) in [6, 6.07) is 0.0390. The van der Waals surface area contributed by atoms with Crippen LogP contribution in [0.2, 0.25) is 0 Å². The minimum atomic E-state index is 0.0390. The zero-order valence-electron chi connectivity index (χ0n) is 8.12. The van der Waals surface area contributed by atoms with Crippen LogP contribution < -0.4 is 5.73 Å². The number of imidazole rings is 1. The van der Waals surface area contributed by atoms with Crippen LogP contribution in [0.15, 0.2) is 12.5 Å². The Morgan fingerprint density at radius 1 is 1.69 bits per heavy atom. The monoisotopic (exact) mass is 177 g/mol. The van der Waals surface area contributed by atoms with E-state index in [2.05, 4.69) is 21.4 Å². The first-order valence-electron chi connectivity index (χ1n) is 4.41. The highest BCUT2D eigenvalue weighted by Crippen LogP contribution is 2.08. The summed E-state index contributed by atoms with van der Waals surface area (Å²) in [4.78, 5) is 4.06. The van der Waals surface area contributed by atoms with Gasteiger partial charge in [-0.2, -0.15) is 0 Å². The molecule has 0 saturated carbocycles. The number of nitrogens with zero attached hydrogens (tertiary/aromatic N) is 2. The van der Waals surface area contributed by atoms with Gasteiger partial charge in [0.1, 0.15) is 0 Å². The van der Waals surface area contributed by atoms with Crippen LogP contribution >= 0.6 is 0 Å². The lowest BCUT2D eigenvalue weighted by Gasteiger charge is -2.08. The molecule has 3 nitrogen and oxygen atoms in total. The lowest BCUT2D eigenvalue weighted by Crippen LogP contribution is -2.11. The van der Waals surface area contributed by atoms with Gasteiger partial charge in [0, 0.05) is 25.2 Å². The number of rotatable bonds is 3. The van der Waals surface area contributed by atoms with Crippen LogP contribution in [0.4, 0.5) is 0 Å². The molecule has 1 unspecified atom stereocenters. The molecular weight excluding hydrogens is 162 g/mol. The molecule has 1 rings (SSSR count). The van der Waals surface area contributed by atoms with E-state index in [1.165, 1.54) is 0 Å². The normalized spacial score (nSPS) is 11.9. The number of aromatic nitrogens is 2. The lowest BCUT2D eigenvalue weighted by molar-refractivity contribution is 0.636. The minimum Gasteiger partial charge on any atom is -0.332 e. The summed E-state index contributed by atoms with van der Waals surface area (Å²) in [6.07, 6.45) is 4.46. The molecule has 0 amide bonds. The molecule has 70 valence electrons. The van der Waals surface area contributed by atoms with Gasteiger partial charge in [-0.25, -0.2) is 4.98 Å². The van der Waals surface area contributed by atoms with E-state index in [1.54, 1.807) is 6.33 Å². The Morgan fingerprint density at radius 2 is 2.46 bits per heavy atom. The molecule has 0 spiro atoms. The summed E-state index contributed by atoms with van der Waals surface area (Å²) in [5.74, 6) is 5.88. The largest absolute Gasteiger partial charge is 0.332 e. The Bertz CT molecular complexity index is 314. The fourth-order valence-corrected chi connectivity index (χ4v) is 1.20. The summed E-state index contributed by atoms with van der Waals surface area (Å²) in [5.41, 5.74) is 6.83. The topological polar surface area (TPSA) is 43.8 Å². The summed E-state index contributed by atoms with van der Waals surface area (Å²) in [6.45, 7) is 4.68. The van der Waals surface area contributed by atoms with Gasteiger partial charge in [0.2, 0.25) is 0 Å². The zero-order chi connectivity index (χ0) is 9.68. The van der Waals surface area contributed by atoms with E-state index in [0.717, 1.165) is 18.7 Å². The third-order valence-electron chi connectivity index (χ3n) is 1.87. The molecular formula is C10H15N3. The minimum absolute atomic E-state index is 0.0390. The molecule has 0 bridgehead atoms. The molecule has 1 aromatic heterocycles. The molecule has 0 aliphatic carbocycles. The summed E-state index contributed by atoms with van der Waals surface area (Å²) in [5, 5.41) is 0. The van der Waals surface area contributed by atoms with Crippen molar-refractivity contribution in [3.8, 4) is 11.8 Å². The predicted molar refractivity (Wildman–Crippen MR) is 52.9 cm³/mol. The summed E-state index contributed by atoms with van der Waals surface area (Å²) >= 11 is 0. The second-order valence-corrected chi connectivity index (χ2v) is 2.98. The lowest BCUT2D eigenvalue weighted by atomic mass is 10.2. The van der Waals surface area contributed by atoms with Crippen LogP contribution in [0.3, 0.4) is 0 Å². The number of aryl methyl sites for hydroxylation is 1. The van der Waals surface area contributed by atoms with Gasteiger partial charge in [0.25, 0.3) is 0 Å². The van der Waals surface area contributed by atoms with Gasteiger partial charge in [-0.05, 0) is 13.8 Å². The molecule has 0 aliphatic rings. The fourth-order valence-electron chi connectivity index (χ4n) is 1.20. The van der Waals surface area contributed by atoms with E-state index >= 15 is 0 Å². The fraction of sp³-hybridized carbons (Fsp3) is 0.500. The Labute approximate surface area is 79.0 Å². The first kappa shape index (κ1) is 9.82. The van der Waals surface area contributed by atoms with Crippen LogP contribution in [0.1, 0.15) is 32.0 Å². The van der Waals surface area contributed by atoms with E-state index < -0.39 is 0 Å². The van der Waals surface area contributed by atoms with Crippen LogP contribution in [-0.4, -0.2) is 9.55 Å². The van der Waals surface area contributed by atoms with Crippen LogP contribution in [0.5, 0.6) is 0 Å². The van der Waals surface area contributed by atoms with Gasteiger partial charge < -0.3 is 10.3 Å². The highest BCUT2D eigenvalue weighted by atomic mass is 15.1. The second-order valence-electron chi connectivity index (χ2n) is 2.98. The summed E-state index contributed by atoms with van der Waals surface area (Å²) in [7, 11) is 0. The van der Waals surface area contributed by atoms with Gasteiger partial charge in [0.15, 0.2) is 0 Å². The van der Waals surface area contributed by atoms with Gasteiger partial charge >= 0.3 is 0 Å². The average Bonchev–Trinajstić information content (AvgIpc) is 2.53. The van der Waals surface area contributed by atoms with Gasteiger partial charge in [-0.15, -0.1) is 11.8 Å². The second kappa shape index (κ2) is 4.68. The van der Waals surface area contributed by atoms with Crippen molar-refractivity contribution < 1.29 is 0 Å². The Morgan fingerprint density at radius 3 is 3.08 bits per heavy atom. The van der Waals surface area contributed by atoms with Crippen molar-refractivity contribution in [2.24, 2.45) is 5.73 Å². The van der Waals surface area contributed by atoms with Crippen LogP contribution in [-0.2, 0) is 6.54 Å². The zero-order valence-corrected chi connectivity index (χ0v) is 8.12. The maximum atomic E-state index is 5.77. The predicted octanol–water partition coefficient (Wildman–Crippen LogP) is 1.32. The van der Waals surface area contributed by atoms with Crippen molar-refractivity contribution in [1.29, 1.82) is 0 Å². The van der Waals surface area contributed by atoms with E-state index in [4.69, 9.17) is 5.73 Å². The third kappa shape index (κ3) is 2.60. The van der Waals surface area contributed by atoms with Crippen molar-refractivity contribution >= 4 is 0 Å². The molecule has 2 N–H and O–H groups in total. The van der Waals surface area contributed by atoms with E-state index in [-0.39, 0.29) is 6.04 Å². The van der Waals surface area contributed by atoms with E-state index in [0.29, 0.717) is 0 Å². The van der Waals surface area contributed by atoms with Crippen molar-refractivity contribution in [3.05, 3.63) is 18.2 Å². The maximum Gasteiger partial charge on any atom is 0.0948 e.